The van der Waals surface area contributed by atoms with Crippen molar-refractivity contribution in [3.63, 3.8) is 0 Å². The molecule has 0 aliphatic carbocycles. The van der Waals surface area contributed by atoms with Crippen LogP contribution < -0.4 is 0 Å². The Kier molecular flexibility index (Phi) is 3.59. The van der Waals surface area contributed by atoms with Crippen molar-refractivity contribution in [3.05, 3.63) is 22.6 Å². The van der Waals surface area contributed by atoms with Gasteiger partial charge in [0.05, 0.1) is 18.2 Å². The van der Waals surface area contributed by atoms with E-state index in [0.29, 0.717) is 11.4 Å². The van der Waals surface area contributed by atoms with Crippen LogP contribution in [0.4, 0.5) is 0 Å². The second-order valence-electron chi connectivity index (χ2n) is 4.14. The van der Waals surface area contributed by atoms with Gasteiger partial charge in [-0.05, 0) is 37.7 Å². The fourth-order valence-electron chi connectivity index (χ4n) is 2.00. The summed E-state index contributed by atoms with van der Waals surface area (Å²) < 4.78 is 8.01. The molecule has 1 unspecified atom stereocenters. The second kappa shape index (κ2) is 4.98. The third-order valence-corrected chi connectivity index (χ3v) is 3.20. The Bertz CT molecular complexity index is 573. The average Bonchev–Trinajstić information content (AvgIpc) is 2.62. The number of rotatable bonds is 4. The zero-order valence-electron chi connectivity index (χ0n) is 10.4. The molecule has 0 fully saturated rings. The molecule has 0 saturated heterocycles. The van der Waals surface area contributed by atoms with Crippen molar-refractivity contribution in [2.75, 3.05) is 13.7 Å². The molecule has 1 atom stereocenters. The van der Waals surface area contributed by atoms with Crippen LogP contribution >= 0.6 is 12.2 Å². The van der Waals surface area contributed by atoms with Gasteiger partial charge in [-0.1, -0.05) is 6.92 Å². The molecule has 2 aromatic heterocycles. The van der Waals surface area contributed by atoms with Crippen LogP contribution in [0.3, 0.4) is 0 Å². The molecule has 0 saturated carbocycles. The van der Waals surface area contributed by atoms with E-state index in [1.807, 2.05) is 19.1 Å². The van der Waals surface area contributed by atoms with Gasteiger partial charge in [0.2, 0.25) is 0 Å². The van der Waals surface area contributed by atoms with E-state index in [9.17, 15) is 0 Å². The maximum Gasteiger partial charge on any atom is 0.179 e. The lowest BCUT2D eigenvalue weighted by molar-refractivity contribution is 0.154. The Morgan fingerprint density at radius 2 is 2.29 bits per heavy atom. The third-order valence-electron chi connectivity index (χ3n) is 2.90. The van der Waals surface area contributed by atoms with E-state index in [1.165, 1.54) is 0 Å². The van der Waals surface area contributed by atoms with E-state index >= 15 is 0 Å². The third kappa shape index (κ3) is 2.25. The largest absolute Gasteiger partial charge is 0.383 e. The van der Waals surface area contributed by atoms with Gasteiger partial charge in [0.1, 0.15) is 0 Å². The van der Waals surface area contributed by atoms with Crippen LogP contribution in [0.1, 0.15) is 25.1 Å². The minimum Gasteiger partial charge on any atom is -0.383 e. The van der Waals surface area contributed by atoms with Crippen LogP contribution in [0, 0.1) is 11.7 Å². The lowest BCUT2D eigenvalue weighted by Crippen LogP contribution is -2.14. The molecular formula is C12H17N3OS. The highest BCUT2D eigenvalue weighted by Gasteiger charge is 2.14. The van der Waals surface area contributed by atoms with E-state index < -0.39 is 0 Å². The quantitative estimate of drug-likeness (QED) is 0.849. The van der Waals surface area contributed by atoms with Crippen molar-refractivity contribution in [1.29, 1.82) is 0 Å². The van der Waals surface area contributed by atoms with Crippen LogP contribution in [0.5, 0.6) is 0 Å². The number of fused-ring (bicyclic) bond motifs is 1. The van der Waals surface area contributed by atoms with Gasteiger partial charge in [0, 0.05) is 12.8 Å². The SMILES string of the molecule is CCC(COC)n1c(=S)[nH]c2ccc(C)nc21. The highest BCUT2D eigenvalue weighted by molar-refractivity contribution is 7.71. The Hall–Kier alpha value is -1.20. The monoisotopic (exact) mass is 251 g/mol. The Labute approximate surface area is 106 Å². The number of nitrogens with zero attached hydrogens (tertiary/aromatic N) is 2. The first-order chi connectivity index (χ1) is 8.17. The highest BCUT2D eigenvalue weighted by atomic mass is 32.1. The van der Waals surface area contributed by atoms with Crippen LogP contribution in [-0.4, -0.2) is 28.3 Å². The van der Waals surface area contributed by atoms with E-state index in [0.717, 1.165) is 23.3 Å². The second-order valence-corrected chi connectivity index (χ2v) is 4.53. The smallest absolute Gasteiger partial charge is 0.179 e. The molecule has 0 bridgehead atoms. The minimum absolute atomic E-state index is 0.232. The standard InChI is InChI=1S/C12H17N3OS/c1-4-9(7-16-3)15-11-10(14-12(15)17)6-5-8(2)13-11/h5-6,9H,4,7H2,1-3H3,(H,14,17). The summed E-state index contributed by atoms with van der Waals surface area (Å²) in [6.45, 7) is 4.75. The van der Waals surface area contributed by atoms with Crippen molar-refractivity contribution in [1.82, 2.24) is 14.5 Å². The molecule has 5 heteroatoms. The fraction of sp³-hybridized carbons (Fsp3) is 0.500. The maximum absolute atomic E-state index is 5.36. The van der Waals surface area contributed by atoms with Crippen molar-refractivity contribution in [2.45, 2.75) is 26.3 Å². The van der Waals surface area contributed by atoms with Crippen molar-refractivity contribution in [2.24, 2.45) is 0 Å². The molecule has 1 N–H and O–H groups in total. The summed E-state index contributed by atoms with van der Waals surface area (Å²) in [5.74, 6) is 0. The number of hydrogen-bond acceptors (Lipinski definition) is 3. The average molecular weight is 251 g/mol. The summed E-state index contributed by atoms with van der Waals surface area (Å²) in [6, 6.07) is 4.23. The lowest BCUT2D eigenvalue weighted by Gasteiger charge is -2.16. The lowest BCUT2D eigenvalue weighted by atomic mass is 10.2. The minimum atomic E-state index is 0.232. The zero-order chi connectivity index (χ0) is 12.4. The predicted octanol–water partition coefficient (Wildman–Crippen LogP) is 3.00. The normalized spacial score (nSPS) is 13.1. The topological polar surface area (TPSA) is 42.8 Å². The summed E-state index contributed by atoms with van der Waals surface area (Å²) in [7, 11) is 1.71. The Balaban J connectivity index is 2.62. The molecule has 4 nitrogen and oxygen atoms in total. The molecule has 0 aromatic carbocycles. The van der Waals surface area contributed by atoms with Crippen LogP contribution in [0.15, 0.2) is 12.1 Å². The molecule has 2 aromatic rings. The molecule has 0 amide bonds. The predicted molar refractivity (Wildman–Crippen MR) is 70.9 cm³/mol. The molecule has 0 spiro atoms. The van der Waals surface area contributed by atoms with Gasteiger partial charge >= 0.3 is 0 Å². The number of H-pyrrole nitrogens is 1. The zero-order valence-corrected chi connectivity index (χ0v) is 11.2. The number of aromatic amines is 1. The summed E-state index contributed by atoms with van der Waals surface area (Å²) in [4.78, 5) is 7.74. The number of pyridine rings is 1. The molecule has 0 aliphatic heterocycles. The van der Waals surface area contributed by atoms with Gasteiger partial charge < -0.3 is 9.72 Å². The van der Waals surface area contributed by atoms with Crippen molar-refractivity contribution in [3.8, 4) is 0 Å². The Morgan fingerprint density at radius 1 is 1.53 bits per heavy atom. The molecule has 92 valence electrons. The number of ether oxygens (including phenoxy) is 1. The molecule has 2 heterocycles. The number of imidazole rings is 1. The first-order valence-corrected chi connectivity index (χ1v) is 6.15. The number of hydrogen-bond donors (Lipinski definition) is 1. The first-order valence-electron chi connectivity index (χ1n) is 5.74. The van der Waals surface area contributed by atoms with Crippen LogP contribution in [-0.2, 0) is 4.74 Å². The van der Waals surface area contributed by atoms with Gasteiger partial charge in [0.15, 0.2) is 10.4 Å². The summed E-state index contributed by atoms with van der Waals surface area (Å²) in [5, 5.41) is 0. The maximum atomic E-state index is 5.36. The molecule has 2 rings (SSSR count). The molecule has 17 heavy (non-hydrogen) atoms. The summed E-state index contributed by atoms with van der Waals surface area (Å²) in [5.41, 5.74) is 2.89. The van der Waals surface area contributed by atoms with Gasteiger partial charge in [-0.3, -0.25) is 4.57 Å². The highest BCUT2D eigenvalue weighted by Crippen LogP contribution is 2.20. The van der Waals surface area contributed by atoms with Crippen molar-refractivity contribution < 1.29 is 4.74 Å². The van der Waals surface area contributed by atoms with Gasteiger partial charge in [-0.15, -0.1) is 0 Å². The van der Waals surface area contributed by atoms with Gasteiger partial charge in [-0.2, -0.15) is 0 Å². The van der Waals surface area contributed by atoms with Crippen LogP contribution in [0.2, 0.25) is 0 Å². The van der Waals surface area contributed by atoms with E-state index in [-0.39, 0.29) is 6.04 Å². The first kappa shape index (κ1) is 12.3. The van der Waals surface area contributed by atoms with Crippen molar-refractivity contribution >= 4 is 23.4 Å². The summed E-state index contributed by atoms with van der Waals surface area (Å²) in [6.07, 6.45) is 0.963. The number of methoxy groups -OCH3 is 1. The molecule has 0 aliphatic rings. The molecule has 0 radical (unpaired) electrons. The van der Waals surface area contributed by atoms with Gasteiger partial charge in [0.25, 0.3) is 0 Å². The van der Waals surface area contributed by atoms with Crippen LogP contribution in [0.25, 0.3) is 11.2 Å². The summed E-state index contributed by atoms with van der Waals surface area (Å²) >= 11 is 5.36. The number of aromatic nitrogens is 3. The molecular weight excluding hydrogens is 234 g/mol. The van der Waals surface area contributed by atoms with E-state index in [4.69, 9.17) is 17.0 Å². The Morgan fingerprint density at radius 3 is 2.94 bits per heavy atom. The van der Waals surface area contributed by atoms with E-state index in [2.05, 4.69) is 21.5 Å². The van der Waals surface area contributed by atoms with E-state index in [1.54, 1.807) is 7.11 Å². The number of nitrogens with one attached hydrogen (secondary N) is 1. The number of aryl methyl sites for hydroxylation is 1. The van der Waals surface area contributed by atoms with Gasteiger partial charge in [-0.25, -0.2) is 4.98 Å². The fourth-order valence-corrected chi connectivity index (χ4v) is 2.35.